The number of nitrogens with zero attached hydrogens (tertiary/aromatic N) is 1. The molecule has 0 aliphatic heterocycles. The standard InChI is InChI=1S/C11H20N2O/c12-10-11(13-8-5-9-14)6-3-1-2-4-7-11/h13-14H,1-9H2. The van der Waals surface area contributed by atoms with E-state index >= 15 is 0 Å². The summed E-state index contributed by atoms with van der Waals surface area (Å²) in [5.41, 5.74) is -0.300. The predicted octanol–water partition coefficient (Wildman–Crippen LogP) is 1.57. The molecule has 0 aromatic rings. The molecule has 1 fully saturated rings. The van der Waals surface area contributed by atoms with Crippen LogP contribution in [0.25, 0.3) is 0 Å². The Kier molecular flexibility index (Phi) is 4.92. The van der Waals surface area contributed by atoms with E-state index in [0.717, 1.165) is 38.6 Å². The van der Waals surface area contributed by atoms with Gasteiger partial charge in [-0.1, -0.05) is 25.7 Å². The van der Waals surface area contributed by atoms with Crippen molar-refractivity contribution in [1.29, 1.82) is 5.26 Å². The van der Waals surface area contributed by atoms with E-state index < -0.39 is 0 Å². The molecule has 3 nitrogen and oxygen atoms in total. The molecule has 3 heteroatoms. The van der Waals surface area contributed by atoms with Crippen LogP contribution in [-0.2, 0) is 0 Å². The smallest absolute Gasteiger partial charge is 0.106 e. The highest BCUT2D eigenvalue weighted by Gasteiger charge is 2.29. The van der Waals surface area contributed by atoms with Gasteiger partial charge in [0.1, 0.15) is 5.54 Å². The Morgan fingerprint density at radius 1 is 1.21 bits per heavy atom. The van der Waals surface area contributed by atoms with Gasteiger partial charge in [0.25, 0.3) is 0 Å². The van der Waals surface area contributed by atoms with Crippen molar-refractivity contribution in [1.82, 2.24) is 5.32 Å². The van der Waals surface area contributed by atoms with Crippen LogP contribution in [0.5, 0.6) is 0 Å². The van der Waals surface area contributed by atoms with Gasteiger partial charge in [0.2, 0.25) is 0 Å². The maximum absolute atomic E-state index is 9.19. The molecule has 1 aliphatic carbocycles. The highest BCUT2D eigenvalue weighted by atomic mass is 16.3. The van der Waals surface area contributed by atoms with Gasteiger partial charge in [-0.15, -0.1) is 0 Å². The molecule has 0 saturated heterocycles. The maximum atomic E-state index is 9.19. The molecule has 0 unspecified atom stereocenters. The summed E-state index contributed by atoms with van der Waals surface area (Å²) in [4.78, 5) is 0. The van der Waals surface area contributed by atoms with Crippen LogP contribution in [0, 0.1) is 11.3 Å². The number of aliphatic hydroxyl groups excluding tert-OH is 1. The van der Waals surface area contributed by atoms with Crippen LogP contribution < -0.4 is 5.32 Å². The summed E-state index contributed by atoms with van der Waals surface area (Å²) < 4.78 is 0. The molecule has 0 aromatic heterocycles. The molecule has 0 amide bonds. The van der Waals surface area contributed by atoms with Gasteiger partial charge in [0, 0.05) is 6.61 Å². The zero-order chi connectivity index (χ0) is 10.3. The summed E-state index contributed by atoms with van der Waals surface area (Å²) in [6.07, 6.45) is 7.49. The molecule has 0 spiro atoms. The van der Waals surface area contributed by atoms with Crippen molar-refractivity contribution in [3.63, 3.8) is 0 Å². The Morgan fingerprint density at radius 2 is 1.86 bits per heavy atom. The second-order valence-electron chi connectivity index (χ2n) is 4.11. The molecule has 2 N–H and O–H groups in total. The first-order valence-electron chi connectivity index (χ1n) is 5.60. The number of aliphatic hydroxyl groups is 1. The molecule has 0 aromatic carbocycles. The third kappa shape index (κ3) is 3.28. The Balaban J connectivity index is 2.42. The predicted molar refractivity (Wildman–Crippen MR) is 55.8 cm³/mol. The average molecular weight is 196 g/mol. The summed E-state index contributed by atoms with van der Waals surface area (Å²) in [5, 5.41) is 21.2. The molecule has 80 valence electrons. The lowest BCUT2D eigenvalue weighted by molar-refractivity contribution is 0.273. The van der Waals surface area contributed by atoms with E-state index in [1.807, 2.05) is 0 Å². The third-order valence-electron chi connectivity index (χ3n) is 2.97. The van der Waals surface area contributed by atoms with Crippen molar-refractivity contribution in [3.8, 4) is 6.07 Å². The third-order valence-corrected chi connectivity index (χ3v) is 2.97. The molecular formula is C11H20N2O. The molecule has 0 radical (unpaired) electrons. The van der Waals surface area contributed by atoms with Crippen molar-refractivity contribution >= 4 is 0 Å². The van der Waals surface area contributed by atoms with E-state index in [1.165, 1.54) is 12.8 Å². The van der Waals surface area contributed by atoms with Gasteiger partial charge in [0.15, 0.2) is 0 Å². The molecular weight excluding hydrogens is 176 g/mol. The first-order chi connectivity index (χ1) is 6.83. The summed E-state index contributed by atoms with van der Waals surface area (Å²) in [6.45, 7) is 0.957. The number of rotatable bonds is 4. The topological polar surface area (TPSA) is 56.0 Å². The number of nitriles is 1. The van der Waals surface area contributed by atoms with E-state index in [-0.39, 0.29) is 12.1 Å². The van der Waals surface area contributed by atoms with Gasteiger partial charge in [-0.25, -0.2) is 0 Å². The lowest BCUT2D eigenvalue weighted by Crippen LogP contribution is -2.44. The van der Waals surface area contributed by atoms with Crippen molar-refractivity contribution < 1.29 is 5.11 Å². The van der Waals surface area contributed by atoms with Gasteiger partial charge >= 0.3 is 0 Å². The molecule has 0 bridgehead atoms. The molecule has 1 aliphatic rings. The van der Waals surface area contributed by atoms with Crippen LogP contribution >= 0.6 is 0 Å². The van der Waals surface area contributed by atoms with Crippen LogP contribution in [0.2, 0.25) is 0 Å². The summed E-state index contributed by atoms with van der Waals surface area (Å²) in [5.74, 6) is 0. The minimum Gasteiger partial charge on any atom is -0.396 e. The summed E-state index contributed by atoms with van der Waals surface area (Å²) in [7, 11) is 0. The van der Waals surface area contributed by atoms with Gasteiger partial charge in [-0.2, -0.15) is 5.26 Å². The second kappa shape index (κ2) is 6.00. The number of hydrogen-bond donors (Lipinski definition) is 2. The van der Waals surface area contributed by atoms with Crippen LogP contribution in [0.4, 0.5) is 0 Å². The lowest BCUT2D eigenvalue weighted by Gasteiger charge is -2.26. The van der Waals surface area contributed by atoms with E-state index in [0.29, 0.717) is 0 Å². The van der Waals surface area contributed by atoms with Crippen LogP contribution in [0.3, 0.4) is 0 Å². The molecule has 14 heavy (non-hydrogen) atoms. The average Bonchev–Trinajstić information content (AvgIpc) is 2.45. The fourth-order valence-electron chi connectivity index (χ4n) is 2.07. The highest BCUT2D eigenvalue weighted by molar-refractivity contribution is 5.07. The highest BCUT2D eigenvalue weighted by Crippen LogP contribution is 2.26. The first-order valence-corrected chi connectivity index (χ1v) is 5.60. The van der Waals surface area contributed by atoms with Gasteiger partial charge in [-0.3, -0.25) is 5.32 Å². The van der Waals surface area contributed by atoms with Crippen molar-refractivity contribution in [2.24, 2.45) is 0 Å². The normalized spacial score (nSPS) is 21.1. The quantitative estimate of drug-likeness (QED) is 0.530. The van der Waals surface area contributed by atoms with E-state index in [4.69, 9.17) is 5.11 Å². The molecule has 0 heterocycles. The van der Waals surface area contributed by atoms with Gasteiger partial charge < -0.3 is 5.11 Å². The van der Waals surface area contributed by atoms with Crippen LogP contribution in [-0.4, -0.2) is 23.8 Å². The van der Waals surface area contributed by atoms with E-state index in [2.05, 4.69) is 11.4 Å². The van der Waals surface area contributed by atoms with E-state index in [1.54, 1.807) is 0 Å². The Labute approximate surface area is 86.1 Å². The molecule has 1 rings (SSSR count). The Morgan fingerprint density at radius 3 is 2.36 bits per heavy atom. The van der Waals surface area contributed by atoms with E-state index in [9.17, 15) is 5.26 Å². The zero-order valence-electron chi connectivity index (χ0n) is 8.76. The first kappa shape index (κ1) is 11.5. The Hall–Kier alpha value is -0.590. The summed E-state index contributed by atoms with van der Waals surface area (Å²) >= 11 is 0. The number of hydrogen-bond acceptors (Lipinski definition) is 3. The minimum atomic E-state index is -0.300. The van der Waals surface area contributed by atoms with Crippen molar-refractivity contribution in [3.05, 3.63) is 0 Å². The molecule has 1 saturated carbocycles. The van der Waals surface area contributed by atoms with Gasteiger partial charge in [0.05, 0.1) is 6.07 Å². The minimum absolute atomic E-state index is 0.203. The SMILES string of the molecule is N#CC1(NCCCO)CCCCCC1. The lowest BCUT2D eigenvalue weighted by atomic mass is 9.92. The van der Waals surface area contributed by atoms with Crippen molar-refractivity contribution in [2.45, 2.75) is 50.5 Å². The molecule has 0 atom stereocenters. The van der Waals surface area contributed by atoms with Crippen molar-refractivity contribution in [2.75, 3.05) is 13.2 Å². The maximum Gasteiger partial charge on any atom is 0.106 e. The fourth-order valence-corrected chi connectivity index (χ4v) is 2.07. The van der Waals surface area contributed by atoms with Crippen LogP contribution in [0.15, 0.2) is 0 Å². The largest absolute Gasteiger partial charge is 0.396 e. The second-order valence-corrected chi connectivity index (χ2v) is 4.11. The van der Waals surface area contributed by atoms with Crippen LogP contribution in [0.1, 0.15) is 44.9 Å². The zero-order valence-corrected chi connectivity index (χ0v) is 8.76. The Bertz CT molecular complexity index is 190. The monoisotopic (exact) mass is 196 g/mol. The van der Waals surface area contributed by atoms with Gasteiger partial charge in [-0.05, 0) is 25.8 Å². The fraction of sp³-hybridized carbons (Fsp3) is 0.909. The number of nitrogens with one attached hydrogen (secondary N) is 1. The summed E-state index contributed by atoms with van der Waals surface area (Å²) in [6, 6.07) is 2.42.